The van der Waals surface area contributed by atoms with Crippen LogP contribution >= 0.6 is 19.5 Å². The van der Waals surface area contributed by atoms with E-state index in [1.807, 2.05) is 0 Å². The molecule has 168 valence electrons. The monoisotopic (exact) mass is 494 g/mol. The summed E-state index contributed by atoms with van der Waals surface area (Å²) in [6.45, 7) is 0. The molecule has 0 aromatic heterocycles. The molecule has 6 heteroatoms. The third-order valence-corrected chi connectivity index (χ3v) is 8.18. The second-order valence-corrected chi connectivity index (χ2v) is 11.1. The molecule has 0 amide bonds. The Morgan fingerprint density at radius 2 is 1.15 bits per heavy atom. The van der Waals surface area contributed by atoms with Crippen molar-refractivity contribution in [2.75, 3.05) is 6.16 Å². The first-order valence-corrected chi connectivity index (χ1v) is 13.6. The van der Waals surface area contributed by atoms with Gasteiger partial charge in [0, 0.05) is 5.02 Å². The summed E-state index contributed by atoms with van der Waals surface area (Å²) < 4.78 is 29.4. The summed E-state index contributed by atoms with van der Waals surface area (Å²) in [6, 6.07) is 37.4. The number of rotatable bonds is 6. The SMILES string of the molecule is C(=Cc1ccccc1)CP(c1ccccc1)c1ccccc1.O=S(=O)(O)c1ccc(Cl)cc1. The molecule has 33 heavy (non-hydrogen) atoms. The van der Waals surface area contributed by atoms with Crippen LogP contribution in [-0.2, 0) is 10.1 Å². The number of hydrogen-bond donors (Lipinski definition) is 1. The van der Waals surface area contributed by atoms with Gasteiger partial charge in [-0.1, -0.05) is 115 Å². The predicted molar refractivity (Wildman–Crippen MR) is 141 cm³/mol. The molecule has 0 radical (unpaired) electrons. The first kappa shape index (κ1) is 24.9. The average Bonchev–Trinajstić information content (AvgIpc) is 2.84. The minimum Gasteiger partial charge on any atom is -0.282 e. The highest BCUT2D eigenvalue weighted by Crippen LogP contribution is 2.33. The van der Waals surface area contributed by atoms with E-state index >= 15 is 0 Å². The van der Waals surface area contributed by atoms with Gasteiger partial charge < -0.3 is 0 Å². The van der Waals surface area contributed by atoms with Gasteiger partial charge in [-0.15, -0.1) is 0 Å². The predicted octanol–water partition coefficient (Wildman–Crippen LogP) is 6.42. The average molecular weight is 495 g/mol. The lowest BCUT2D eigenvalue weighted by Gasteiger charge is -2.16. The molecule has 0 atom stereocenters. The van der Waals surface area contributed by atoms with E-state index < -0.39 is 10.1 Å². The normalized spacial score (nSPS) is 11.2. The molecule has 4 aromatic rings. The van der Waals surface area contributed by atoms with Crippen molar-refractivity contribution < 1.29 is 13.0 Å². The topological polar surface area (TPSA) is 54.4 Å². The molecular weight excluding hydrogens is 471 g/mol. The summed E-state index contributed by atoms with van der Waals surface area (Å²) >= 11 is 5.49. The fourth-order valence-electron chi connectivity index (χ4n) is 3.04. The second kappa shape index (κ2) is 12.5. The van der Waals surface area contributed by atoms with E-state index in [0.717, 1.165) is 6.16 Å². The van der Waals surface area contributed by atoms with Crippen LogP contribution in [0.25, 0.3) is 6.08 Å². The minimum atomic E-state index is -4.08. The van der Waals surface area contributed by atoms with Crippen LogP contribution in [0.3, 0.4) is 0 Å². The third-order valence-electron chi connectivity index (χ3n) is 4.65. The molecule has 0 fully saturated rings. The summed E-state index contributed by atoms with van der Waals surface area (Å²) in [7, 11) is -4.41. The van der Waals surface area contributed by atoms with Gasteiger partial charge in [0.1, 0.15) is 0 Å². The molecule has 0 heterocycles. The van der Waals surface area contributed by atoms with Crippen molar-refractivity contribution in [3.8, 4) is 0 Å². The van der Waals surface area contributed by atoms with Gasteiger partial charge in [0.25, 0.3) is 10.1 Å². The van der Waals surface area contributed by atoms with Crippen LogP contribution in [0.4, 0.5) is 0 Å². The molecule has 0 bridgehead atoms. The second-order valence-electron chi connectivity index (χ2n) is 7.02. The van der Waals surface area contributed by atoms with Gasteiger partial charge in [0.05, 0.1) is 4.90 Å². The van der Waals surface area contributed by atoms with Crippen LogP contribution in [0.1, 0.15) is 5.56 Å². The lowest BCUT2D eigenvalue weighted by molar-refractivity contribution is 0.483. The first-order chi connectivity index (χ1) is 15.9. The lowest BCUT2D eigenvalue weighted by Crippen LogP contribution is -2.12. The van der Waals surface area contributed by atoms with E-state index in [2.05, 4.69) is 103 Å². The summed E-state index contributed by atoms with van der Waals surface area (Å²) in [5.41, 5.74) is 1.26. The molecule has 0 aliphatic rings. The van der Waals surface area contributed by atoms with E-state index in [-0.39, 0.29) is 12.8 Å². The van der Waals surface area contributed by atoms with Crippen molar-refractivity contribution in [2.24, 2.45) is 0 Å². The number of halogens is 1. The van der Waals surface area contributed by atoms with Crippen molar-refractivity contribution in [1.29, 1.82) is 0 Å². The van der Waals surface area contributed by atoms with Gasteiger partial charge in [0.2, 0.25) is 0 Å². The van der Waals surface area contributed by atoms with Gasteiger partial charge in [0.15, 0.2) is 0 Å². The highest BCUT2D eigenvalue weighted by molar-refractivity contribution is 7.85. The zero-order valence-corrected chi connectivity index (χ0v) is 20.3. The quantitative estimate of drug-likeness (QED) is 0.248. The molecule has 4 rings (SSSR count). The van der Waals surface area contributed by atoms with Crippen molar-refractivity contribution >= 4 is 46.3 Å². The Morgan fingerprint density at radius 1 is 0.697 bits per heavy atom. The summed E-state index contributed by atoms with van der Waals surface area (Å²) in [4.78, 5) is -0.151. The van der Waals surface area contributed by atoms with Crippen LogP contribution < -0.4 is 10.6 Å². The fraction of sp³-hybridized carbons (Fsp3) is 0.0370. The number of allylic oxidation sites excluding steroid dienone is 1. The Kier molecular flexibility index (Phi) is 9.41. The summed E-state index contributed by atoms with van der Waals surface area (Å²) in [5.74, 6) is 0. The van der Waals surface area contributed by atoms with Gasteiger partial charge in [-0.05, 0) is 54.5 Å². The minimum absolute atomic E-state index is 0.151. The molecule has 0 saturated carbocycles. The van der Waals surface area contributed by atoms with Crippen molar-refractivity contribution in [1.82, 2.24) is 0 Å². The molecule has 0 unspecified atom stereocenters. The Balaban J connectivity index is 0.000000235. The van der Waals surface area contributed by atoms with E-state index in [4.69, 9.17) is 16.2 Å². The number of hydrogen-bond acceptors (Lipinski definition) is 2. The molecule has 0 aliphatic carbocycles. The van der Waals surface area contributed by atoms with Crippen molar-refractivity contribution in [3.63, 3.8) is 0 Å². The highest BCUT2D eigenvalue weighted by atomic mass is 35.5. The molecule has 0 saturated heterocycles. The van der Waals surface area contributed by atoms with Crippen molar-refractivity contribution in [2.45, 2.75) is 4.90 Å². The number of benzene rings is 4. The maximum atomic E-state index is 10.5. The molecule has 3 nitrogen and oxygen atoms in total. The molecular formula is C27H24ClO3PS. The van der Waals surface area contributed by atoms with E-state index in [1.165, 1.54) is 40.4 Å². The Morgan fingerprint density at radius 3 is 1.61 bits per heavy atom. The molecule has 1 N–H and O–H groups in total. The van der Waals surface area contributed by atoms with E-state index in [9.17, 15) is 8.42 Å². The Labute approximate surface area is 201 Å². The summed E-state index contributed by atoms with van der Waals surface area (Å²) in [6.07, 6.45) is 5.60. The zero-order chi connectivity index (χ0) is 23.5. The lowest BCUT2D eigenvalue weighted by atomic mass is 10.2. The molecule has 0 spiro atoms. The van der Waals surface area contributed by atoms with Gasteiger partial charge in [-0.3, -0.25) is 4.55 Å². The smallest absolute Gasteiger partial charge is 0.282 e. The first-order valence-electron chi connectivity index (χ1n) is 10.3. The Hall–Kier alpha value is -2.75. The van der Waals surface area contributed by atoms with Crippen LogP contribution in [0.15, 0.2) is 126 Å². The van der Waals surface area contributed by atoms with Crippen LogP contribution in [0, 0.1) is 0 Å². The van der Waals surface area contributed by atoms with Gasteiger partial charge in [-0.25, -0.2) is 0 Å². The van der Waals surface area contributed by atoms with Crippen LogP contribution in [0.2, 0.25) is 5.02 Å². The maximum absolute atomic E-state index is 10.5. The van der Waals surface area contributed by atoms with Gasteiger partial charge >= 0.3 is 0 Å². The largest absolute Gasteiger partial charge is 0.294 e. The zero-order valence-electron chi connectivity index (χ0n) is 17.8. The van der Waals surface area contributed by atoms with E-state index in [1.54, 1.807) is 0 Å². The standard InChI is InChI=1S/C21H19P.C6H5ClO3S/c1-4-11-19(12-5-1)13-10-18-22(20-14-6-2-7-15-20)21-16-8-3-9-17-21;7-5-1-3-6(4-2-5)11(8,9)10/h1-17H,18H2;1-4H,(H,8,9,10). The van der Waals surface area contributed by atoms with Crippen LogP contribution in [-0.4, -0.2) is 19.1 Å². The Bertz CT molecular complexity index is 1210. The maximum Gasteiger partial charge on any atom is 0.294 e. The van der Waals surface area contributed by atoms with Crippen molar-refractivity contribution in [3.05, 3.63) is 132 Å². The van der Waals surface area contributed by atoms with E-state index in [0.29, 0.717) is 5.02 Å². The fourth-order valence-corrected chi connectivity index (χ4v) is 5.75. The van der Waals surface area contributed by atoms with Gasteiger partial charge in [-0.2, -0.15) is 8.42 Å². The molecule has 4 aromatic carbocycles. The third kappa shape index (κ3) is 8.27. The molecule has 0 aliphatic heterocycles. The summed E-state index contributed by atoms with van der Waals surface area (Å²) in [5, 5.41) is 3.29. The van der Waals surface area contributed by atoms with Crippen LogP contribution in [0.5, 0.6) is 0 Å². The highest BCUT2D eigenvalue weighted by Gasteiger charge is 2.11.